The molecule has 7 heteroatoms. The molecule has 3 N–H and O–H groups in total. The highest BCUT2D eigenvalue weighted by Gasteiger charge is 2.14. The number of para-hydroxylation sites is 1. The molecule has 0 bridgehead atoms. The third kappa shape index (κ3) is 6.96. The van der Waals surface area contributed by atoms with Crippen LogP contribution >= 0.6 is 11.6 Å². The summed E-state index contributed by atoms with van der Waals surface area (Å²) in [5, 5.41) is 8.87. The van der Waals surface area contributed by atoms with Gasteiger partial charge in [-0.3, -0.25) is 14.4 Å². The molecule has 0 radical (unpaired) electrons. The number of anilines is 1. The predicted octanol–water partition coefficient (Wildman–Crippen LogP) is 4.42. The Labute approximate surface area is 192 Å². The molecule has 0 atom stereocenters. The van der Waals surface area contributed by atoms with Gasteiger partial charge in [0, 0.05) is 30.1 Å². The van der Waals surface area contributed by atoms with Crippen molar-refractivity contribution in [3.05, 3.63) is 101 Å². The van der Waals surface area contributed by atoms with Crippen molar-refractivity contribution in [2.75, 3.05) is 11.9 Å². The van der Waals surface area contributed by atoms with Crippen molar-refractivity contribution in [2.45, 2.75) is 19.4 Å². The molecule has 3 amide bonds. The Bertz CT molecular complexity index is 1090. The molecule has 0 saturated carbocycles. The van der Waals surface area contributed by atoms with E-state index in [1.165, 1.54) is 0 Å². The van der Waals surface area contributed by atoms with Gasteiger partial charge in [0.1, 0.15) is 0 Å². The monoisotopic (exact) mass is 449 g/mol. The van der Waals surface area contributed by atoms with Crippen molar-refractivity contribution >= 4 is 35.0 Å². The number of amides is 3. The van der Waals surface area contributed by atoms with Gasteiger partial charge in [-0.25, -0.2) is 0 Å². The minimum atomic E-state index is -0.358. The van der Waals surface area contributed by atoms with Crippen LogP contribution < -0.4 is 16.0 Å². The first-order valence-electron chi connectivity index (χ1n) is 10.3. The van der Waals surface area contributed by atoms with E-state index in [-0.39, 0.29) is 17.7 Å². The maximum atomic E-state index is 12.6. The fraction of sp³-hybridized carbons (Fsp3) is 0.160. The number of rotatable bonds is 9. The average Bonchev–Trinajstić information content (AvgIpc) is 2.81. The van der Waals surface area contributed by atoms with Crippen LogP contribution in [0.5, 0.6) is 0 Å². The standard InChI is InChI=1S/C25H24ClN3O3/c26-20-11-6-10-19(16-20)24(31)29-22-13-5-4-12-21(22)25(32)27-15-7-14-23(30)28-17-18-8-2-1-3-9-18/h1-6,8-13,16H,7,14-15,17H2,(H,27,32)(H,28,30)(H,29,31). The summed E-state index contributed by atoms with van der Waals surface area (Å²) in [6.07, 6.45) is 0.809. The Kier molecular flexibility index (Phi) is 8.40. The van der Waals surface area contributed by atoms with Gasteiger partial charge in [-0.2, -0.15) is 0 Å². The largest absolute Gasteiger partial charge is 0.352 e. The van der Waals surface area contributed by atoms with Crippen molar-refractivity contribution in [1.29, 1.82) is 0 Å². The van der Waals surface area contributed by atoms with Crippen LogP contribution in [0.1, 0.15) is 39.1 Å². The summed E-state index contributed by atoms with van der Waals surface area (Å²) >= 11 is 5.95. The molecule has 32 heavy (non-hydrogen) atoms. The minimum Gasteiger partial charge on any atom is -0.352 e. The molecule has 0 aliphatic heterocycles. The summed E-state index contributed by atoms with van der Waals surface area (Å²) in [4.78, 5) is 37.1. The Hall–Kier alpha value is -3.64. The number of halogens is 1. The average molecular weight is 450 g/mol. The SMILES string of the molecule is O=C(CCCNC(=O)c1ccccc1NC(=O)c1cccc(Cl)c1)NCc1ccccc1. The zero-order valence-electron chi connectivity index (χ0n) is 17.4. The van der Waals surface area contributed by atoms with Crippen LogP contribution in [0.3, 0.4) is 0 Å². The molecule has 0 spiro atoms. The molecule has 3 aromatic carbocycles. The maximum Gasteiger partial charge on any atom is 0.255 e. The van der Waals surface area contributed by atoms with Crippen LogP contribution in [0.15, 0.2) is 78.9 Å². The van der Waals surface area contributed by atoms with Gasteiger partial charge in [0.25, 0.3) is 11.8 Å². The van der Waals surface area contributed by atoms with Gasteiger partial charge >= 0.3 is 0 Å². The summed E-state index contributed by atoms with van der Waals surface area (Å²) in [7, 11) is 0. The van der Waals surface area contributed by atoms with Crippen LogP contribution in [0.2, 0.25) is 5.02 Å². The predicted molar refractivity (Wildman–Crippen MR) is 126 cm³/mol. The Morgan fingerprint density at radius 3 is 2.31 bits per heavy atom. The molecule has 0 saturated heterocycles. The zero-order chi connectivity index (χ0) is 22.8. The summed E-state index contributed by atoms with van der Waals surface area (Å²) in [6, 6.07) is 23.0. The maximum absolute atomic E-state index is 12.6. The van der Waals surface area contributed by atoms with Gasteiger partial charge in [0.15, 0.2) is 0 Å². The van der Waals surface area contributed by atoms with E-state index in [0.717, 1.165) is 5.56 Å². The molecular formula is C25H24ClN3O3. The van der Waals surface area contributed by atoms with Gasteiger partial charge < -0.3 is 16.0 Å². The molecule has 3 aromatic rings. The fourth-order valence-electron chi connectivity index (χ4n) is 3.05. The molecule has 0 fully saturated rings. The number of hydrogen-bond acceptors (Lipinski definition) is 3. The summed E-state index contributed by atoms with van der Waals surface area (Å²) < 4.78 is 0. The Morgan fingerprint density at radius 2 is 1.53 bits per heavy atom. The van der Waals surface area contributed by atoms with E-state index in [0.29, 0.717) is 47.8 Å². The van der Waals surface area contributed by atoms with E-state index in [4.69, 9.17) is 11.6 Å². The van der Waals surface area contributed by atoms with Gasteiger partial charge in [-0.15, -0.1) is 0 Å². The highest BCUT2D eigenvalue weighted by Crippen LogP contribution is 2.18. The normalized spacial score (nSPS) is 10.3. The Balaban J connectivity index is 1.47. The third-order valence-corrected chi connectivity index (χ3v) is 4.94. The summed E-state index contributed by atoms with van der Waals surface area (Å²) in [5.74, 6) is -0.753. The second kappa shape index (κ2) is 11.7. The quantitative estimate of drug-likeness (QED) is 0.422. The van der Waals surface area contributed by atoms with E-state index < -0.39 is 0 Å². The zero-order valence-corrected chi connectivity index (χ0v) is 18.2. The van der Waals surface area contributed by atoms with Crippen LogP contribution in [0, 0.1) is 0 Å². The van der Waals surface area contributed by atoms with E-state index in [1.807, 2.05) is 30.3 Å². The van der Waals surface area contributed by atoms with E-state index >= 15 is 0 Å². The molecule has 0 aromatic heterocycles. The number of carbonyl (C=O) groups is 3. The van der Waals surface area contributed by atoms with E-state index in [9.17, 15) is 14.4 Å². The van der Waals surface area contributed by atoms with Crippen molar-refractivity contribution in [2.24, 2.45) is 0 Å². The summed E-state index contributed by atoms with van der Waals surface area (Å²) in [5.41, 5.74) is 2.17. The Morgan fingerprint density at radius 1 is 0.781 bits per heavy atom. The van der Waals surface area contributed by atoms with Crippen LogP contribution in [0.4, 0.5) is 5.69 Å². The summed E-state index contributed by atoms with van der Waals surface area (Å²) in [6.45, 7) is 0.819. The highest BCUT2D eigenvalue weighted by atomic mass is 35.5. The molecule has 0 heterocycles. The van der Waals surface area contributed by atoms with Crippen molar-refractivity contribution in [3.63, 3.8) is 0 Å². The van der Waals surface area contributed by atoms with Crippen LogP contribution in [-0.4, -0.2) is 24.3 Å². The second-order valence-electron chi connectivity index (χ2n) is 7.13. The lowest BCUT2D eigenvalue weighted by molar-refractivity contribution is -0.121. The molecule has 0 aliphatic carbocycles. The molecule has 164 valence electrons. The first kappa shape index (κ1) is 23.0. The van der Waals surface area contributed by atoms with E-state index in [2.05, 4.69) is 16.0 Å². The van der Waals surface area contributed by atoms with Crippen molar-refractivity contribution in [3.8, 4) is 0 Å². The lowest BCUT2D eigenvalue weighted by Crippen LogP contribution is -2.28. The number of nitrogens with one attached hydrogen (secondary N) is 3. The molecule has 0 aliphatic rings. The lowest BCUT2D eigenvalue weighted by atomic mass is 10.1. The van der Waals surface area contributed by atoms with Gasteiger partial charge in [0.2, 0.25) is 5.91 Å². The fourth-order valence-corrected chi connectivity index (χ4v) is 3.24. The minimum absolute atomic E-state index is 0.0720. The lowest BCUT2D eigenvalue weighted by Gasteiger charge is -2.12. The van der Waals surface area contributed by atoms with Crippen LogP contribution in [0.25, 0.3) is 0 Å². The first-order valence-corrected chi connectivity index (χ1v) is 10.7. The highest BCUT2D eigenvalue weighted by molar-refractivity contribution is 6.31. The van der Waals surface area contributed by atoms with Crippen molar-refractivity contribution < 1.29 is 14.4 Å². The first-order chi connectivity index (χ1) is 15.5. The molecular weight excluding hydrogens is 426 g/mol. The molecule has 3 rings (SSSR count). The van der Waals surface area contributed by atoms with E-state index in [1.54, 1.807) is 48.5 Å². The third-order valence-electron chi connectivity index (χ3n) is 4.71. The number of carbonyl (C=O) groups excluding carboxylic acids is 3. The van der Waals surface area contributed by atoms with Crippen LogP contribution in [-0.2, 0) is 11.3 Å². The topological polar surface area (TPSA) is 87.3 Å². The number of benzene rings is 3. The van der Waals surface area contributed by atoms with Gasteiger partial charge in [-0.05, 0) is 42.3 Å². The smallest absolute Gasteiger partial charge is 0.255 e. The second-order valence-corrected chi connectivity index (χ2v) is 7.57. The van der Waals surface area contributed by atoms with Gasteiger partial charge in [0.05, 0.1) is 11.3 Å². The molecule has 0 unspecified atom stereocenters. The number of hydrogen-bond donors (Lipinski definition) is 3. The van der Waals surface area contributed by atoms with Crippen molar-refractivity contribution in [1.82, 2.24) is 10.6 Å². The molecule has 6 nitrogen and oxygen atoms in total. The van der Waals surface area contributed by atoms with Gasteiger partial charge in [-0.1, -0.05) is 60.1 Å².